The molecule has 0 radical (unpaired) electrons. The van der Waals surface area contributed by atoms with Gasteiger partial charge in [-0.25, -0.2) is 0 Å². The largest absolute Gasteiger partial charge is 0.342 e. The van der Waals surface area contributed by atoms with E-state index in [0.29, 0.717) is 32.6 Å². The predicted molar refractivity (Wildman–Crippen MR) is 119 cm³/mol. The zero-order valence-electron chi connectivity index (χ0n) is 18.8. The van der Waals surface area contributed by atoms with Crippen LogP contribution >= 0.6 is 0 Å². The summed E-state index contributed by atoms with van der Waals surface area (Å²) < 4.78 is 0. The minimum atomic E-state index is -0.683. The molecule has 1 spiro atoms. The van der Waals surface area contributed by atoms with Gasteiger partial charge in [-0.15, -0.1) is 0 Å². The Hall–Kier alpha value is -2.57. The number of rotatable bonds is 4. The minimum Gasteiger partial charge on any atom is -0.342 e. The first-order chi connectivity index (χ1) is 14.9. The lowest BCUT2D eigenvalue weighted by molar-refractivity contribution is -0.143. The Morgan fingerprint density at radius 2 is 1.58 bits per heavy atom. The Morgan fingerprint density at radius 1 is 0.935 bits per heavy atom. The number of carbonyl (C=O) groups is 3. The highest BCUT2D eigenvalue weighted by molar-refractivity contribution is 5.96. The molecule has 3 aliphatic heterocycles. The monoisotopic (exact) mass is 426 g/mol. The van der Waals surface area contributed by atoms with Gasteiger partial charge in [-0.3, -0.25) is 14.4 Å². The van der Waals surface area contributed by atoms with Crippen LogP contribution in [0.2, 0.25) is 0 Å². The van der Waals surface area contributed by atoms with Crippen molar-refractivity contribution >= 4 is 23.4 Å². The van der Waals surface area contributed by atoms with Crippen LogP contribution in [0.5, 0.6) is 0 Å². The Labute approximate surface area is 185 Å². The van der Waals surface area contributed by atoms with Crippen LogP contribution in [-0.2, 0) is 14.4 Å². The fourth-order valence-corrected chi connectivity index (χ4v) is 5.19. The highest BCUT2D eigenvalue weighted by atomic mass is 16.2. The fraction of sp³-hybridized carbons (Fsp3) is 0.625. The second-order valence-electron chi connectivity index (χ2n) is 9.36. The predicted octanol–water partition coefficient (Wildman–Crippen LogP) is 2.32. The molecule has 3 heterocycles. The number of piperidine rings is 2. The lowest BCUT2D eigenvalue weighted by Gasteiger charge is -2.43. The molecule has 31 heavy (non-hydrogen) atoms. The molecule has 3 fully saturated rings. The maximum Gasteiger partial charge on any atom is 0.250 e. The molecule has 3 amide bonds. The average Bonchev–Trinajstić information content (AvgIpc) is 3.06. The maximum atomic E-state index is 13.7. The van der Waals surface area contributed by atoms with E-state index < -0.39 is 5.54 Å². The molecule has 168 valence electrons. The number of anilines is 1. The number of nitrogens with zero attached hydrogens (tertiary/aromatic N) is 4. The number of para-hydroxylation sites is 1. The lowest BCUT2D eigenvalue weighted by Crippen LogP contribution is -2.58. The number of carbonyl (C=O) groups excluding carboxylic acids is 3. The summed E-state index contributed by atoms with van der Waals surface area (Å²) in [5, 5.41) is 0. The van der Waals surface area contributed by atoms with Crippen molar-refractivity contribution in [2.45, 2.75) is 51.5 Å². The van der Waals surface area contributed by atoms with Gasteiger partial charge in [-0.05, 0) is 44.2 Å². The van der Waals surface area contributed by atoms with E-state index in [0.717, 1.165) is 31.6 Å². The molecule has 3 saturated heterocycles. The van der Waals surface area contributed by atoms with Gasteiger partial charge in [0.25, 0.3) is 5.91 Å². The lowest BCUT2D eigenvalue weighted by atomic mass is 9.85. The normalized spacial score (nSPS) is 21.3. The molecule has 0 N–H and O–H groups in total. The molecule has 0 aromatic heterocycles. The number of benzene rings is 1. The molecule has 7 nitrogen and oxygen atoms in total. The summed E-state index contributed by atoms with van der Waals surface area (Å²) in [5.41, 5.74) is 0.310. The van der Waals surface area contributed by atoms with Crippen molar-refractivity contribution in [3.8, 4) is 0 Å². The third-order valence-corrected chi connectivity index (χ3v) is 7.01. The van der Waals surface area contributed by atoms with Crippen molar-refractivity contribution < 1.29 is 14.4 Å². The third kappa shape index (κ3) is 4.14. The first-order valence-electron chi connectivity index (χ1n) is 11.6. The first-order valence-corrected chi connectivity index (χ1v) is 11.6. The summed E-state index contributed by atoms with van der Waals surface area (Å²) in [5.74, 6) is 0.171. The van der Waals surface area contributed by atoms with Crippen LogP contribution in [-0.4, -0.2) is 77.4 Å². The van der Waals surface area contributed by atoms with Gasteiger partial charge in [0.2, 0.25) is 11.8 Å². The molecule has 0 unspecified atom stereocenters. The van der Waals surface area contributed by atoms with Crippen molar-refractivity contribution in [1.82, 2.24) is 14.7 Å². The summed E-state index contributed by atoms with van der Waals surface area (Å²) in [6.45, 7) is 7.11. The molecule has 1 aromatic rings. The Kier molecular flexibility index (Phi) is 6.21. The third-order valence-electron chi connectivity index (χ3n) is 7.01. The average molecular weight is 427 g/mol. The van der Waals surface area contributed by atoms with Gasteiger partial charge in [-0.2, -0.15) is 0 Å². The van der Waals surface area contributed by atoms with Crippen LogP contribution in [0, 0.1) is 5.92 Å². The zero-order chi connectivity index (χ0) is 22.0. The summed E-state index contributed by atoms with van der Waals surface area (Å²) in [7, 11) is 0. The van der Waals surface area contributed by atoms with Crippen LogP contribution in [0.25, 0.3) is 0 Å². The Morgan fingerprint density at radius 3 is 2.19 bits per heavy atom. The van der Waals surface area contributed by atoms with Crippen molar-refractivity contribution in [2.24, 2.45) is 5.92 Å². The summed E-state index contributed by atoms with van der Waals surface area (Å²) in [6, 6.07) is 9.97. The van der Waals surface area contributed by atoms with E-state index >= 15 is 0 Å². The van der Waals surface area contributed by atoms with Crippen LogP contribution in [0.1, 0.15) is 46.0 Å². The number of likely N-dealkylation sites (tertiary alicyclic amines) is 2. The quantitative estimate of drug-likeness (QED) is 0.741. The van der Waals surface area contributed by atoms with Gasteiger partial charge in [-0.1, -0.05) is 32.0 Å². The molecular formula is C24H34N4O3. The molecule has 0 atom stereocenters. The molecule has 0 aliphatic carbocycles. The van der Waals surface area contributed by atoms with E-state index in [2.05, 4.69) is 4.90 Å². The summed E-state index contributed by atoms with van der Waals surface area (Å²) in [6.07, 6.45) is 4.43. The molecule has 7 heteroatoms. The Balaban J connectivity index is 1.54. The van der Waals surface area contributed by atoms with Crippen LogP contribution in [0.4, 0.5) is 5.69 Å². The second kappa shape index (κ2) is 8.89. The number of hydrogen-bond acceptors (Lipinski definition) is 4. The standard InChI is InChI=1S/C24H34N4O3/c1-19(2)22(30)26-15-11-24(12-16-26)23(31)27(17-21(29)25-13-7-4-8-14-25)18-28(24)20-9-5-3-6-10-20/h3,5-6,9-10,19H,4,7-8,11-18H2,1-2H3. The van der Waals surface area contributed by atoms with Gasteiger partial charge in [0, 0.05) is 37.8 Å². The molecule has 0 saturated carbocycles. The van der Waals surface area contributed by atoms with Crippen LogP contribution in [0.3, 0.4) is 0 Å². The molecule has 4 rings (SSSR count). The van der Waals surface area contributed by atoms with Crippen LogP contribution in [0.15, 0.2) is 30.3 Å². The van der Waals surface area contributed by atoms with Gasteiger partial charge in [0.05, 0.1) is 6.67 Å². The van der Waals surface area contributed by atoms with Gasteiger partial charge >= 0.3 is 0 Å². The van der Waals surface area contributed by atoms with E-state index in [-0.39, 0.29) is 30.2 Å². The highest BCUT2D eigenvalue weighted by Crippen LogP contribution is 2.39. The van der Waals surface area contributed by atoms with Gasteiger partial charge in [0.15, 0.2) is 0 Å². The Bertz CT molecular complexity index is 811. The molecule has 1 aromatic carbocycles. The SMILES string of the molecule is CC(C)C(=O)N1CCC2(CC1)C(=O)N(CC(=O)N1CCCCC1)CN2c1ccccc1. The maximum absolute atomic E-state index is 13.7. The van der Waals surface area contributed by atoms with Crippen molar-refractivity contribution in [1.29, 1.82) is 0 Å². The fourth-order valence-electron chi connectivity index (χ4n) is 5.19. The first kappa shape index (κ1) is 21.7. The highest BCUT2D eigenvalue weighted by Gasteiger charge is 2.54. The van der Waals surface area contributed by atoms with Gasteiger partial charge in [0.1, 0.15) is 12.1 Å². The summed E-state index contributed by atoms with van der Waals surface area (Å²) >= 11 is 0. The number of amides is 3. The van der Waals surface area contributed by atoms with Crippen LogP contribution < -0.4 is 4.90 Å². The van der Waals surface area contributed by atoms with E-state index in [1.165, 1.54) is 6.42 Å². The molecular weight excluding hydrogens is 392 g/mol. The topological polar surface area (TPSA) is 64.2 Å². The minimum absolute atomic E-state index is 0.0263. The zero-order valence-corrected chi connectivity index (χ0v) is 18.8. The van der Waals surface area contributed by atoms with E-state index in [4.69, 9.17) is 0 Å². The second-order valence-corrected chi connectivity index (χ2v) is 9.36. The van der Waals surface area contributed by atoms with E-state index in [9.17, 15) is 14.4 Å². The van der Waals surface area contributed by atoms with E-state index in [1.807, 2.05) is 54.0 Å². The smallest absolute Gasteiger partial charge is 0.250 e. The number of hydrogen-bond donors (Lipinski definition) is 0. The van der Waals surface area contributed by atoms with Gasteiger partial charge < -0.3 is 19.6 Å². The summed E-state index contributed by atoms with van der Waals surface area (Å²) in [4.78, 5) is 46.8. The molecule has 3 aliphatic rings. The van der Waals surface area contributed by atoms with Crippen molar-refractivity contribution in [3.63, 3.8) is 0 Å². The van der Waals surface area contributed by atoms with Crippen molar-refractivity contribution in [3.05, 3.63) is 30.3 Å². The van der Waals surface area contributed by atoms with Crippen molar-refractivity contribution in [2.75, 3.05) is 44.3 Å². The molecule has 0 bridgehead atoms. The van der Waals surface area contributed by atoms with E-state index in [1.54, 1.807) is 4.90 Å².